The van der Waals surface area contributed by atoms with Gasteiger partial charge in [0.25, 0.3) is 5.56 Å². The molecule has 6 heteroatoms. The molecule has 0 radical (unpaired) electrons. The predicted octanol–water partition coefficient (Wildman–Crippen LogP) is 4.31. The van der Waals surface area contributed by atoms with E-state index >= 15 is 0 Å². The molecule has 0 saturated carbocycles. The number of fused-ring (bicyclic) bond motifs is 1. The van der Waals surface area contributed by atoms with Crippen molar-refractivity contribution >= 4 is 21.6 Å². The molecule has 0 aliphatic rings. The molecule has 1 aromatic carbocycles. The van der Waals surface area contributed by atoms with Crippen molar-refractivity contribution in [3.05, 3.63) is 45.3 Å². The Morgan fingerprint density at radius 3 is 2.85 bits per heavy atom. The van der Waals surface area contributed by atoms with Gasteiger partial charge in [0.05, 0.1) is 18.6 Å². The summed E-state index contributed by atoms with van der Waals surface area (Å²) in [6.07, 6.45) is 1.77. The standard InChI is InChI=1S/C20H21N3O2S/c1-4-17-22-19-18(20(24)23(17)10-6-5-9-21)15(12-26-19)14-7-8-16(25-3)13(2)11-14/h7-8,11-12H,4-6,10H2,1-3H3. The molecule has 0 aliphatic heterocycles. The van der Waals surface area contributed by atoms with Gasteiger partial charge in [-0.25, -0.2) is 4.98 Å². The van der Waals surface area contributed by atoms with Crippen LogP contribution in [-0.2, 0) is 13.0 Å². The van der Waals surface area contributed by atoms with Crippen LogP contribution < -0.4 is 10.3 Å². The van der Waals surface area contributed by atoms with Gasteiger partial charge in [-0.2, -0.15) is 5.26 Å². The molecule has 0 aliphatic carbocycles. The van der Waals surface area contributed by atoms with Crippen molar-refractivity contribution in [1.82, 2.24) is 9.55 Å². The molecule has 0 atom stereocenters. The highest BCUT2D eigenvalue weighted by Gasteiger charge is 2.16. The van der Waals surface area contributed by atoms with Gasteiger partial charge >= 0.3 is 0 Å². The lowest BCUT2D eigenvalue weighted by atomic mass is 10.0. The van der Waals surface area contributed by atoms with Crippen LogP contribution in [0.5, 0.6) is 5.75 Å². The number of aryl methyl sites for hydroxylation is 2. The highest BCUT2D eigenvalue weighted by atomic mass is 32.1. The molecule has 0 spiro atoms. The van der Waals surface area contributed by atoms with Crippen molar-refractivity contribution in [3.63, 3.8) is 0 Å². The number of nitriles is 1. The fourth-order valence-electron chi connectivity index (χ4n) is 3.14. The van der Waals surface area contributed by atoms with Crippen LogP contribution in [-0.4, -0.2) is 16.7 Å². The molecule has 5 nitrogen and oxygen atoms in total. The predicted molar refractivity (Wildman–Crippen MR) is 105 cm³/mol. The average molecular weight is 367 g/mol. The van der Waals surface area contributed by atoms with Crippen LogP contribution in [0.25, 0.3) is 21.3 Å². The van der Waals surface area contributed by atoms with Crippen LogP contribution in [0.4, 0.5) is 0 Å². The molecule has 0 unspecified atom stereocenters. The van der Waals surface area contributed by atoms with Crippen molar-refractivity contribution in [2.75, 3.05) is 7.11 Å². The second kappa shape index (κ2) is 7.71. The molecule has 2 aromatic heterocycles. The van der Waals surface area contributed by atoms with E-state index < -0.39 is 0 Å². The SMILES string of the molecule is CCc1nc2scc(-c3ccc(OC)c(C)c3)c2c(=O)n1CCCC#N. The normalized spacial score (nSPS) is 10.8. The molecule has 2 heterocycles. The van der Waals surface area contributed by atoms with Crippen LogP contribution in [0.2, 0.25) is 0 Å². The fraction of sp³-hybridized carbons (Fsp3) is 0.350. The lowest BCUT2D eigenvalue weighted by molar-refractivity contribution is 0.412. The Balaban J connectivity index is 2.16. The van der Waals surface area contributed by atoms with Crippen LogP contribution in [0.3, 0.4) is 0 Å². The molecular formula is C20H21N3O2S. The monoisotopic (exact) mass is 367 g/mol. The van der Waals surface area contributed by atoms with Gasteiger partial charge in [-0.05, 0) is 36.6 Å². The van der Waals surface area contributed by atoms with Crippen LogP contribution >= 0.6 is 11.3 Å². The van der Waals surface area contributed by atoms with Crippen molar-refractivity contribution in [3.8, 4) is 22.9 Å². The first-order chi connectivity index (χ1) is 12.6. The summed E-state index contributed by atoms with van der Waals surface area (Å²) >= 11 is 1.50. The van der Waals surface area contributed by atoms with Crippen molar-refractivity contribution < 1.29 is 4.74 Å². The Morgan fingerprint density at radius 2 is 2.19 bits per heavy atom. The average Bonchev–Trinajstić information content (AvgIpc) is 3.07. The summed E-state index contributed by atoms with van der Waals surface area (Å²) in [5.41, 5.74) is 2.90. The van der Waals surface area contributed by atoms with Gasteiger partial charge in [0, 0.05) is 30.3 Å². The smallest absolute Gasteiger partial charge is 0.262 e. The molecule has 26 heavy (non-hydrogen) atoms. The summed E-state index contributed by atoms with van der Waals surface area (Å²) in [5, 5.41) is 11.4. The fourth-order valence-corrected chi connectivity index (χ4v) is 4.10. The second-order valence-electron chi connectivity index (χ2n) is 6.11. The number of benzene rings is 1. The molecule has 0 N–H and O–H groups in total. The molecule has 3 rings (SSSR count). The number of unbranched alkanes of at least 4 members (excludes halogenated alkanes) is 1. The Labute approximate surface area is 156 Å². The maximum atomic E-state index is 13.2. The number of hydrogen-bond acceptors (Lipinski definition) is 5. The summed E-state index contributed by atoms with van der Waals surface area (Å²) in [7, 11) is 1.65. The first-order valence-electron chi connectivity index (χ1n) is 8.63. The third-order valence-corrected chi connectivity index (χ3v) is 5.34. The highest BCUT2D eigenvalue weighted by molar-refractivity contribution is 7.17. The van der Waals surface area contributed by atoms with Crippen LogP contribution in [0.1, 0.15) is 31.2 Å². The van der Waals surface area contributed by atoms with Gasteiger partial charge in [0.2, 0.25) is 0 Å². The van der Waals surface area contributed by atoms with Crippen molar-refractivity contribution in [2.45, 2.75) is 39.7 Å². The second-order valence-corrected chi connectivity index (χ2v) is 6.97. The minimum absolute atomic E-state index is 0.0190. The van der Waals surface area contributed by atoms with Crippen molar-refractivity contribution in [2.24, 2.45) is 0 Å². The first kappa shape index (κ1) is 18.2. The van der Waals surface area contributed by atoms with Crippen LogP contribution in [0, 0.1) is 18.3 Å². The minimum atomic E-state index is -0.0190. The number of nitrogens with zero attached hydrogens (tertiary/aromatic N) is 3. The zero-order valence-corrected chi connectivity index (χ0v) is 16.0. The summed E-state index contributed by atoms with van der Waals surface area (Å²) in [5.74, 6) is 1.60. The van der Waals surface area contributed by atoms with E-state index in [1.807, 2.05) is 37.4 Å². The summed E-state index contributed by atoms with van der Waals surface area (Å²) in [4.78, 5) is 18.7. The van der Waals surface area contributed by atoms with Gasteiger partial charge < -0.3 is 4.74 Å². The molecule has 0 saturated heterocycles. The van der Waals surface area contributed by atoms with E-state index in [0.717, 1.165) is 33.1 Å². The molecule has 0 fully saturated rings. The van der Waals surface area contributed by atoms with Crippen LogP contribution in [0.15, 0.2) is 28.4 Å². The lowest BCUT2D eigenvalue weighted by Gasteiger charge is -2.11. The van der Waals surface area contributed by atoms with E-state index in [-0.39, 0.29) is 5.56 Å². The summed E-state index contributed by atoms with van der Waals surface area (Å²) in [6.45, 7) is 4.51. The Bertz CT molecular complexity index is 1040. The van der Waals surface area contributed by atoms with Crippen molar-refractivity contribution in [1.29, 1.82) is 5.26 Å². The largest absolute Gasteiger partial charge is 0.496 e. The first-order valence-corrected chi connectivity index (χ1v) is 9.51. The summed E-state index contributed by atoms with van der Waals surface area (Å²) in [6, 6.07) is 8.07. The zero-order valence-electron chi connectivity index (χ0n) is 15.2. The van der Waals surface area contributed by atoms with Gasteiger partial charge in [-0.15, -0.1) is 11.3 Å². The number of ether oxygens (including phenoxy) is 1. The zero-order chi connectivity index (χ0) is 18.7. The van der Waals surface area contributed by atoms with E-state index in [9.17, 15) is 4.79 Å². The molecular weight excluding hydrogens is 346 g/mol. The lowest BCUT2D eigenvalue weighted by Crippen LogP contribution is -2.25. The number of thiophene rings is 1. The minimum Gasteiger partial charge on any atom is -0.496 e. The summed E-state index contributed by atoms with van der Waals surface area (Å²) < 4.78 is 7.06. The van der Waals surface area contributed by atoms with E-state index in [1.54, 1.807) is 11.7 Å². The molecule has 134 valence electrons. The third-order valence-electron chi connectivity index (χ3n) is 4.47. The van der Waals surface area contributed by atoms with E-state index in [4.69, 9.17) is 15.0 Å². The van der Waals surface area contributed by atoms with E-state index in [0.29, 0.717) is 31.2 Å². The topological polar surface area (TPSA) is 67.9 Å². The maximum Gasteiger partial charge on any atom is 0.262 e. The number of rotatable bonds is 6. The third kappa shape index (κ3) is 3.23. The van der Waals surface area contributed by atoms with Gasteiger partial charge in [-0.1, -0.05) is 13.0 Å². The quantitative estimate of drug-likeness (QED) is 0.609. The van der Waals surface area contributed by atoms with Gasteiger partial charge in [0.15, 0.2) is 0 Å². The number of hydrogen-bond donors (Lipinski definition) is 0. The Hall–Kier alpha value is -2.65. The van der Waals surface area contributed by atoms with E-state index in [2.05, 4.69) is 6.07 Å². The maximum absolute atomic E-state index is 13.2. The number of methoxy groups -OCH3 is 1. The van der Waals surface area contributed by atoms with E-state index in [1.165, 1.54) is 11.3 Å². The van der Waals surface area contributed by atoms with Gasteiger partial charge in [0.1, 0.15) is 16.4 Å². The molecule has 3 aromatic rings. The Kier molecular flexibility index (Phi) is 5.38. The molecule has 0 amide bonds. The Morgan fingerprint density at radius 1 is 1.38 bits per heavy atom. The highest BCUT2D eigenvalue weighted by Crippen LogP contribution is 2.33. The number of aromatic nitrogens is 2. The molecule has 0 bridgehead atoms. The van der Waals surface area contributed by atoms with Gasteiger partial charge in [-0.3, -0.25) is 9.36 Å².